The number of nitrogens with zero attached hydrogens (tertiary/aromatic N) is 1. The van der Waals surface area contributed by atoms with Crippen LogP contribution in [0, 0.1) is 11.8 Å². The first-order valence-corrected chi connectivity index (χ1v) is 6.51. The van der Waals surface area contributed by atoms with E-state index in [4.69, 9.17) is 9.52 Å². The first kappa shape index (κ1) is 12.2. The standard InChI is InChI=1S/C15H17NO3/c1-16(7-10-6-13(10)15(17)18)8-11-9-19-14-5-3-2-4-12(11)14/h2-5,9-10,13H,6-8H2,1H3,(H,17,18). The molecule has 4 nitrogen and oxygen atoms in total. The second-order valence-corrected chi connectivity index (χ2v) is 5.39. The van der Waals surface area contributed by atoms with E-state index in [0.29, 0.717) is 5.92 Å². The van der Waals surface area contributed by atoms with Crippen LogP contribution >= 0.6 is 0 Å². The summed E-state index contributed by atoms with van der Waals surface area (Å²) in [5.74, 6) is -0.489. The zero-order valence-corrected chi connectivity index (χ0v) is 10.9. The summed E-state index contributed by atoms with van der Waals surface area (Å²) in [6.07, 6.45) is 2.61. The summed E-state index contributed by atoms with van der Waals surface area (Å²) >= 11 is 0. The summed E-state index contributed by atoms with van der Waals surface area (Å²) in [6, 6.07) is 7.98. The summed E-state index contributed by atoms with van der Waals surface area (Å²) in [4.78, 5) is 13.0. The van der Waals surface area contributed by atoms with Gasteiger partial charge in [0.05, 0.1) is 12.2 Å². The molecule has 2 aromatic rings. The Morgan fingerprint density at radius 1 is 1.47 bits per heavy atom. The number of para-hydroxylation sites is 1. The average Bonchev–Trinajstić information content (AvgIpc) is 3.03. The molecule has 1 aliphatic carbocycles. The van der Waals surface area contributed by atoms with Crippen molar-refractivity contribution >= 4 is 16.9 Å². The predicted molar refractivity (Wildman–Crippen MR) is 71.8 cm³/mol. The van der Waals surface area contributed by atoms with Crippen LogP contribution in [-0.4, -0.2) is 29.6 Å². The van der Waals surface area contributed by atoms with E-state index < -0.39 is 5.97 Å². The van der Waals surface area contributed by atoms with Gasteiger partial charge in [-0.1, -0.05) is 18.2 Å². The number of carbonyl (C=O) groups is 1. The van der Waals surface area contributed by atoms with Crippen LogP contribution in [0.25, 0.3) is 11.0 Å². The van der Waals surface area contributed by atoms with E-state index in [1.807, 2.05) is 25.2 Å². The molecule has 0 radical (unpaired) electrons. The molecule has 1 aliphatic rings. The molecule has 4 heteroatoms. The van der Waals surface area contributed by atoms with E-state index in [0.717, 1.165) is 36.0 Å². The maximum Gasteiger partial charge on any atom is 0.306 e. The van der Waals surface area contributed by atoms with Gasteiger partial charge in [-0.3, -0.25) is 4.79 Å². The molecular formula is C15H17NO3. The van der Waals surface area contributed by atoms with Crippen LogP contribution in [0.1, 0.15) is 12.0 Å². The number of rotatable bonds is 5. The van der Waals surface area contributed by atoms with Crippen LogP contribution in [0.5, 0.6) is 0 Å². The zero-order valence-electron chi connectivity index (χ0n) is 10.9. The molecule has 2 unspecified atom stereocenters. The fraction of sp³-hybridized carbons (Fsp3) is 0.400. The maximum atomic E-state index is 10.8. The third-order valence-corrected chi connectivity index (χ3v) is 3.79. The smallest absolute Gasteiger partial charge is 0.306 e. The fourth-order valence-electron chi connectivity index (χ4n) is 2.66. The van der Waals surface area contributed by atoms with Crippen molar-refractivity contribution in [2.45, 2.75) is 13.0 Å². The summed E-state index contributed by atoms with van der Waals surface area (Å²) in [5.41, 5.74) is 2.06. The van der Waals surface area contributed by atoms with Crippen molar-refractivity contribution in [2.75, 3.05) is 13.6 Å². The highest BCUT2D eigenvalue weighted by molar-refractivity contribution is 5.80. The van der Waals surface area contributed by atoms with Crippen LogP contribution in [0.15, 0.2) is 34.9 Å². The molecule has 0 aliphatic heterocycles. The van der Waals surface area contributed by atoms with Crippen molar-refractivity contribution in [1.29, 1.82) is 0 Å². The molecule has 19 heavy (non-hydrogen) atoms. The van der Waals surface area contributed by atoms with Crippen LogP contribution in [0.2, 0.25) is 0 Å². The van der Waals surface area contributed by atoms with Gasteiger partial charge in [-0.05, 0) is 25.5 Å². The van der Waals surface area contributed by atoms with Crippen molar-refractivity contribution in [3.63, 3.8) is 0 Å². The van der Waals surface area contributed by atoms with Crippen molar-refractivity contribution < 1.29 is 14.3 Å². The lowest BCUT2D eigenvalue weighted by Gasteiger charge is -2.15. The Morgan fingerprint density at radius 2 is 2.26 bits per heavy atom. The minimum Gasteiger partial charge on any atom is -0.481 e. The van der Waals surface area contributed by atoms with Crippen molar-refractivity contribution in [3.05, 3.63) is 36.1 Å². The van der Waals surface area contributed by atoms with E-state index in [1.54, 1.807) is 6.26 Å². The Balaban J connectivity index is 1.63. The largest absolute Gasteiger partial charge is 0.481 e. The number of aliphatic carboxylic acids is 1. The Hall–Kier alpha value is -1.81. The Morgan fingerprint density at radius 3 is 3.00 bits per heavy atom. The molecular weight excluding hydrogens is 242 g/mol. The quantitative estimate of drug-likeness (QED) is 0.896. The van der Waals surface area contributed by atoms with Crippen LogP contribution in [0.3, 0.4) is 0 Å². The molecule has 0 spiro atoms. The zero-order chi connectivity index (χ0) is 13.4. The first-order chi connectivity index (χ1) is 9.15. The number of benzene rings is 1. The molecule has 1 saturated carbocycles. The van der Waals surface area contributed by atoms with Crippen LogP contribution in [-0.2, 0) is 11.3 Å². The number of fused-ring (bicyclic) bond motifs is 1. The SMILES string of the molecule is CN(Cc1coc2ccccc12)CC1CC1C(=O)O. The van der Waals surface area contributed by atoms with E-state index in [-0.39, 0.29) is 5.92 Å². The molecule has 100 valence electrons. The lowest BCUT2D eigenvalue weighted by molar-refractivity contribution is -0.138. The number of hydrogen-bond acceptors (Lipinski definition) is 3. The van der Waals surface area contributed by atoms with E-state index in [2.05, 4.69) is 11.0 Å². The van der Waals surface area contributed by atoms with E-state index in [1.165, 1.54) is 0 Å². The monoisotopic (exact) mass is 259 g/mol. The summed E-state index contributed by atoms with van der Waals surface area (Å²) < 4.78 is 5.51. The molecule has 1 heterocycles. The molecule has 1 fully saturated rings. The highest BCUT2D eigenvalue weighted by Crippen LogP contribution is 2.39. The van der Waals surface area contributed by atoms with Gasteiger partial charge in [-0.25, -0.2) is 0 Å². The lowest BCUT2D eigenvalue weighted by Crippen LogP contribution is -2.21. The second-order valence-electron chi connectivity index (χ2n) is 5.39. The molecule has 1 N–H and O–H groups in total. The predicted octanol–water partition coefficient (Wildman–Crippen LogP) is 2.59. The van der Waals surface area contributed by atoms with E-state index in [9.17, 15) is 4.79 Å². The third-order valence-electron chi connectivity index (χ3n) is 3.79. The molecule has 1 aromatic carbocycles. The van der Waals surface area contributed by atoms with Gasteiger partial charge in [-0.15, -0.1) is 0 Å². The topological polar surface area (TPSA) is 53.7 Å². The highest BCUT2D eigenvalue weighted by Gasteiger charge is 2.43. The van der Waals surface area contributed by atoms with Crippen LogP contribution in [0.4, 0.5) is 0 Å². The molecule has 0 amide bonds. The summed E-state index contributed by atoms with van der Waals surface area (Å²) in [6.45, 7) is 1.62. The summed E-state index contributed by atoms with van der Waals surface area (Å²) in [7, 11) is 2.03. The fourth-order valence-corrected chi connectivity index (χ4v) is 2.66. The van der Waals surface area contributed by atoms with Crippen LogP contribution < -0.4 is 0 Å². The second kappa shape index (κ2) is 4.70. The Bertz CT molecular complexity index is 604. The van der Waals surface area contributed by atoms with Gasteiger partial charge in [0.1, 0.15) is 5.58 Å². The molecule has 2 atom stereocenters. The van der Waals surface area contributed by atoms with Gasteiger partial charge in [0.2, 0.25) is 0 Å². The molecule has 0 saturated heterocycles. The number of carboxylic acids is 1. The highest BCUT2D eigenvalue weighted by atomic mass is 16.4. The van der Waals surface area contributed by atoms with Gasteiger partial charge in [0, 0.05) is 24.0 Å². The molecule has 0 bridgehead atoms. The third kappa shape index (κ3) is 2.49. The lowest BCUT2D eigenvalue weighted by atomic mass is 10.1. The number of furan rings is 1. The maximum absolute atomic E-state index is 10.8. The van der Waals surface area contributed by atoms with E-state index >= 15 is 0 Å². The first-order valence-electron chi connectivity index (χ1n) is 6.51. The minimum atomic E-state index is -0.660. The number of carboxylic acid groups (broad SMARTS) is 1. The Labute approximate surface area is 111 Å². The minimum absolute atomic E-state index is 0.136. The summed E-state index contributed by atoms with van der Waals surface area (Å²) in [5, 5.41) is 10.0. The van der Waals surface area contributed by atoms with Crippen molar-refractivity contribution in [2.24, 2.45) is 11.8 Å². The van der Waals surface area contributed by atoms with Gasteiger partial charge in [-0.2, -0.15) is 0 Å². The van der Waals surface area contributed by atoms with Gasteiger partial charge in [0.15, 0.2) is 0 Å². The van der Waals surface area contributed by atoms with Crippen molar-refractivity contribution in [1.82, 2.24) is 4.90 Å². The molecule has 3 rings (SSSR count). The average molecular weight is 259 g/mol. The van der Waals surface area contributed by atoms with Gasteiger partial charge < -0.3 is 14.4 Å². The van der Waals surface area contributed by atoms with Crippen molar-refractivity contribution in [3.8, 4) is 0 Å². The molecule has 1 aromatic heterocycles. The Kier molecular flexibility index (Phi) is 3.03. The van der Waals surface area contributed by atoms with Gasteiger partial charge in [0.25, 0.3) is 0 Å². The normalized spacial score (nSPS) is 22.0. The number of hydrogen-bond donors (Lipinski definition) is 1. The van der Waals surface area contributed by atoms with Gasteiger partial charge >= 0.3 is 5.97 Å².